The van der Waals surface area contributed by atoms with Crippen LogP contribution in [-0.2, 0) is 48.0 Å². The van der Waals surface area contributed by atoms with Crippen LogP contribution >= 0.6 is 0 Å². The van der Waals surface area contributed by atoms with Gasteiger partial charge in [-0.05, 0) is 73.2 Å². The number of nitro benzene ring substituents is 1. The van der Waals surface area contributed by atoms with Gasteiger partial charge in [0.05, 0.1) is 21.9 Å². The summed E-state index contributed by atoms with van der Waals surface area (Å²) in [6.45, 7) is 8.13. The van der Waals surface area contributed by atoms with Crippen molar-refractivity contribution in [1.29, 1.82) is 0 Å². The molecule has 13 nitrogen and oxygen atoms in total. The van der Waals surface area contributed by atoms with E-state index in [2.05, 4.69) is 10.6 Å². The lowest BCUT2D eigenvalue weighted by Gasteiger charge is -2.29. The number of nitro groups is 1. The number of para-hydroxylation sites is 1. The largest absolute Gasteiger partial charge is 0.453 e. The molecule has 5 rings (SSSR count). The molecule has 0 aromatic heterocycles. The fourth-order valence-electron chi connectivity index (χ4n) is 6.36. The zero-order chi connectivity index (χ0) is 42.7. The number of amides is 3. The number of non-ortho nitro benzene ring substituents is 1. The Balaban J connectivity index is 1.50. The van der Waals surface area contributed by atoms with Gasteiger partial charge in [-0.3, -0.25) is 29.4 Å². The van der Waals surface area contributed by atoms with Gasteiger partial charge in [0, 0.05) is 32.0 Å². The van der Waals surface area contributed by atoms with Crippen LogP contribution in [0.25, 0.3) is 0 Å². The van der Waals surface area contributed by atoms with Crippen LogP contribution in [0.2, 0.25) is 0 Å². The van der Waals surface area contributed by atoms with E-state index >= 15 is 0 Å². The molecule has 2 N–H and O–H groups in total. The van der Waals surface area contributed by atoms with E-state index in [0.717, 1.165) is 16.0 Å². The van der Waals surface area contributed by atoms with Gasteiger partial charge in [-0.15, -0.1) is 0 Å². The highest BCUT2D eigenvalue weighted by Crippen LogP contribution is 2.35. The number of carbonyl (C=O) groups is 5. The predicted molar refractivity (Wildman–Crippen MR) is 222 cm³/mol. The van der Waals surface area contributed by atoms with Gasteiger partial charge in [-0.2, -0.15) is 0 Å². The maximum Gasteiger partial charge on any atom is 0.398 e. The summed E-state index contributed by atoms with van der Waals surface area (Å²) in [5.41, 5.74) is 2.58. The Labute approximate surface area is 342 Å². The van der Waals surface area contributed by atoms with E-state index in [9.17, 15) is 34.1 Å². The SMILES string of the molecule is CCc1cc(CC(NC(C)=O)C(=O)NCc2ccc([N+](=O)[O-])cc2)ccc1N(C(=O)C(=O)OC(C)(C)C)c1ccccc1C(=O)OC(c1ccccc1)c1ccccc1. The quantitative estimate of drug-likeness (QED) is 0.0500. The molecule has 5 aromatic carbocycles. The molecule has 0 fully saturated rings. The molecule has 0 spiro atoms. The second-order valence-electron chi connectivity index (χ2n) is 14.7. The molecular formula is C46H46N4O9. The van der Waals surface area contributed by atoms with Gasteiger partial charge in [0.25, 0.3) is 5.69 Å². The number of carbonyl (C=O) groups excluding carboxylic acids is 5. The highest BCUT2D eigenvalue weighted by atomic mass is 16.6. The van der Waals surface area contributed by atoms with Gasteiger partial charge in [0.1, 0.15) is 11.6 Å². The lowest BCUT2D eigenvalue weighted by Crippen LogP contribution is -2.47. The van der Waals surface area contributed by atoms with Crippen LogP contribution in [0, 0.1) is 10.1 Å². The van der Waals surface area contributed by atoms with Crippen LogP contribution in [0.1, 0.15) is 78.9 Å². The summed E-state index contributed by atoms with van der Waals surface area (Å²) in [5, 5.41) is 16.5. The minimum atomic E-state index is -1.14. The highest BCUT2D eigenvalue weighted by molar-refractivity contribution is 6.40. The number of hydrogen-bond donors (Lipinski definition) is 2. The standard InChI is InChI=1S/C46H46N4O9/c1-6-33-27-32(28-38(48-30(2)51)42(52)47-29-31-21-24-36(25-22-31)50(56)57)23-26-39(33)49(43(53)45(55)59-46(3,4)5)40-20-14-13-19-37(40)44(54)58-41(34-15-9-7-10-16-34)35-17-11-8-12-18-35/h7-27,38,41H,6,28-29H2,1-5H3,(H,47,52)(H,48,51). The Morgan fingerprint density at radius 3 is 1.90 bits per heavy atom. The van der Waals surface area contributed by atoms with E-state index in [0.29, 0.717) is 23.1 Å². The third kappa shape index (κ3) is 11.5. The molecule has 0 aliphatic heterocycles. The zero-order valence-electron chi connectivity index (χ0n) is 33.5. The summed E-state index contributed by atoms with van der Waals surface area (Å²) in [4.78, 5) is 79.4. The number of nitrogens with one attached hydrogen (secondary N) is 2. The number of nitrogens with zero attached hydrogens (tertiary/aromatic N) is 2. The molecule has 59 heavy (non-hydrogen) atoms. The van der Waals surface area contributed by atoms with Crippen LogP contribution < -0.4 is 15.5 Å². The van der Waals surface area contributed by atoms with Crippen molar-refractivity contribution in [2.45, 2.75) is 71.8 Å². The molecule has 0 aliphatic carbocycles. The van der Waals surface area contributed by atoms with E-state index in [1.165, 1.54) is 37.3 Å². The summed E-state index contributed by atoms with van der Waals surface area (Å²) in [7, 11) is 0. The topological polar surface area (TPSA) is 174 Å². The average Bonchev–Trinajstić information content (AvgIpc) is 3.22. The minimum Gasteiger partial charge on any atom is -0.453 e. The highest BCUT2D eigenvalue weighted by Gasteiger charge is 2.34. The van der Waals surface area contributed by atoms with Crippen LogP contribution in [0.15, 0.2) is 127 Å². The smallest absolute Gasteiger partial charge is 0.398 e. The van der Waals surface area contributed by atoms with Gasteiger partial charge < -0.3 is 20.1 Å². The van der Waals surface area contributed by atoms with Crippen LogP contribution in [0.5, 0.6) is 0 Å². The van der Waals surface area contributed by atoms with Gasteiger partial charge in [-0.25, -0.2) is 9.59 Å². The normalized spacial score (nSPS) is 11.6. The molecule has 0 saturated carbocycles. The lowest BCUT2D eigenvalue weighted by atomic mass is 9.98. The Kier molecular flexibility index (Phi) is 14.1. The third-order valence-electron chi connectivity index (χ3n) is 9.08. The third-order valence-corrected chi connectivity index (χ3v) is 9.08. The van der Waals surface area contributed by atoms with Crippen LogP contribution in [-0.4, -0.2) is 46.2 Å². The molecule has 0 heterocycles. The first-order chi connectivity index (χ1) is 28.1. The second kappa shape index (κ2) is 19.3. The molecule has 13 heteroatoms. The number of benzene rings is 5. The van der Waals surface area contributed by atoms with Gasteiger partial charge in [0.2, 0.25) is 11.8 Å². The maximum absolute atomic E-state index is 14.3. The number of esters is 2. The summed E-state index contributed by atoms with van der Waals surface area (Å²) in [6, 6.07) is 34.6. The fourth-order valence-corrected chi connectivity index (χ4v) is 6.36. The molecule has 0 aliphatic rings. The van der Waals surface area contributed by atoms with Crippen molar-refractivity contribution in [2.75, 3.05) is 4.90 Å². The summed E-state index contributed by atoms with van der Waals surface area (Å²) < 4.78 is 11.7. The Morgan fingerprint density at radius 1 is 0.763 bits per heavy atom. The summed E-state index contributed by atoms with van der Waals surface area (Å²) in [5.74, 6) is -3.86. The van der Waals surface area contributed by atoms with Crippen molar-refractivity contribution in [3.8, 4) is 0 Å². The van der Waals surface area contributed by atoms with E-state index < -0.39 is 52.3 Å². The van der Waals surface area contributed by atoms with Crippen LogP contribution in [0.3, 0.4) is 0 Å². The number of aryl methyl sites for hydroxylation is 1. The molecule has 1 atom stereocenters. The number of anilines is 2. The van der Waals surface area contributed by atoms with E-state index in [-0.39, 0.29) is 35.6 Å². The fraction of sp³-hybridized carbons (Fsp3) is 0.239. The Hall–Kier alpha value is -7.15. The molecular weight excluding hydrogens is 753 g/mol. The summed E-state index contributed by atoms with van der Waals surface area (Å²) >= 11 is 0. The lowest BCUT2D eigenvalue weighted by molar-refractivity contribution is -0.384. The maximum atomic E-state index is 14.3. The van der Waals surface area contributed by atoms with Crippen LogP contribution in [0.4, 0.5) is 17.1 Å². The molecule has 1 unspecified atom stereocenters. The van der Waals surface area contributed by atoms with Crippen molar-refractivity contribution in [3.63, 3.8) is 0 Å². The monoisotopic (exact) mass is 798 g/mol. The first-order valence-electron chi connectivity index (χ1n) is 19.0. The van der Waals surface area contributed by atoms with Crippen molar-refractivity contribution >= 4 is 46.7 Å². The summed E-state index contributed by atoms with van der Waals surface area (Å²) in [6.07, 6.45) is -0.376. The minimum absolute atomic E-state index is 0.0165. The molecule has 0 radical (unpaired) electrons. The number of hydrogen-bond acceptors (Lipinski definition) is 9. The van der Waals surface area contributed by atoms with Crippen molar-refractivity contribution < 1.29 is 38.4 Å². The molecule has 3 amide bonds. The Bertz CT molecular complexity index is 2270. The van der Waals surface area contributed by atoms with Gasteiger partial charge in [0.15, 0.2) is 6.10 Å². The van der Waals surface area contributed by atoms with Gasteiger partial charge in [-0.1, -0.05) is 104 Å². The molecule has 0 bridgehead atoms. The zero-order valence-corrected chi connectivity index (χ0v) is 33.5. The molecule has 0 saturated heterocycles. The Morgan fingerprint density at radius 2 is 1.34 bits per heavy atom. The number of ether oxygens (including phenoxy) is 2. The molecule has 5 aromatic rings. The van der Waals surface area contributed by atoms with Gasteiger partial charge >= 0.3 is 17.8 Å². The average molecular weight is 799 g/mol. The van der Waals surface area contributed by atoms with E-state index in [4.69, 9.17) is 9.47 Å². The van der Waals surface area contributed by atoms with Crippen molar-refractivity contribution in [3.05, 3.63) is 171 Å². The van der Waals surface area contributed by atoms with Crippen molar-refractivity contribution in [1.82, 2.24) is 10.6 Å². The van der Waals surface area contributed by atoms with E-state index in [1.54, 1.807) is 57.2 Å². The first-order valence-corrected chi connectivity index (χ1v) is 19.0. The molecule has 304 valence electrons. The van der Waals surface area contributed by atoms with E-state index in [1.807, 2.05) is 67.6 Å². The first kappa shape index (κ1) is 43.0. The predicted octanol–water partition coefficient (Wildman–Crippen LogP) is 7.47. The van der Waals surface area contributed by atoms with Crippen molar-refractivity contribution in [2.24, 2.45) is 0 Å². The second-order valence-corrected chi connectivity index (χ2v) is 14.7. The number of rotatable bonds is 14.